The fourth-order valence-corrected chi connectivity index (χ4v) is 2.91. The molecule has 0 radical (unpaired) electrons. The van der Waals surface area contributed by atoms with Gasteiger partial charge in [0.2, 0.25) is 0 Å². The minimum Gasteiger partial charge on any atom is -0.490 e. The summed E-state index contributed by atoms with van der Waals surface area (Å²) in [5.41, 5.74) is 3.33. The standard InChI is InChI=1S/C17H23N5O2/c1-11(2)22-13(4)16(12(3)20-22)19-17(23)21-8-9-24-15-6-5-7-18-14(15)10-21/h5-7,11H,8-10H2,1-4H3,(H,19,23). The number of amides is 2. The Hall–Kier alpha value is -2.57. The Bertz CT molecular complexity index is 753. The Labute approximate surface area is 141 Å². The Kier molecular flexibility index (Phi) is 4.42. The molecule has 3 heterocycles. The lowest BCUT2D eigenvalue weighted by molar-refractivity contribution is 0.200. The molecule has 2 aromatic heterocycles. The third-order valence-corrected chi connectivity index (χ3v) is 4.14. The SMILES string of the molecule is Cc1nn(C(C)C)c(C)c1NC(=O)N1CCOc2cccnc2C1. The van der Waals surface area contributed by atoms with Crippen LogP contribution in [0.1, 0.15) is 37.0 Å². The van der Waals surface area contributed by atoms with E-state index in [9.17, 15) is 4.79 Å². The summed E-state index contributed by atoms with van der Waals surface area (Å²) in [7, 11) is 0. The Morgan fingerprint density at radius 1 is 1.38 bits per heavy atom. The molecule has 7 heteroatoms. The van der Waals surface area contributed by atoms with E-state index in [2.05, 4.69) is 29.2 Å². The molecule has 0 bridgehead atoms. The van der Waals surface area contributed by atoms with Crippen molar-refractivity contribution in [1.82, 2.24) is 19.7 Å². The number of pyridine rings is 1. The quantitative estimate of drug-likeness (QED) is 0.919. The second kappa shape index (κ2) is 6.51. The van der Waals surface area contributed by atoms with E-state index < -0.39 is 0 Å². The van der Waals surface area contributed by atoms with Gasteiger partial charge < -0.3 is 15.0 Å². The number of hydrogen-bond acceptors (Lipinski definition) is 4. The zero-order chi connectivity index (χ0) is 17.3. The second-order valence-electron chi connectivity index (χ2n) is 6.23. The molecule has 0 saturated carbocycles. The van der Waals surface area contributed by atoms with Crippen molar-refractivity contribution in [2.24, 2.45) is 0 Å². The summed E-state index contributed by atoms with van der Waals surface area (Å²) in [5.74, 6) is 0.743. The summed E-state index contributed by atoms with van der Waals surface area (Å²) in [5, 5.41) is 7.51. The van der Waals surface area contributed by atoms with Gasteiger partial charge in [0.25, 0.3) is 0 Å². The van der Waals surface area contributed by atoms with Gasteiger partial charge in [-0.05, 0) is 39.8 Å². The number of carbonyl (C=O) groups excluding carboxylic acids is 1. The van der Waals surface area contributed by atoms with Crippen LogP contribution in [0.15, 0.2) is 18.3 Å². The van der Waals surface area contributed by atoms with Crippen LogP contribution >= 0.6 is 0 Å². The van der Waals surface area contributed by atoms with Gasteiger partial charge in [-0.25, -0.2) is 4.79 Å². The van der Waals surface area contributed by atoms with Gasteiger partial charge in [0.15, 0.2) is 0 Å². The van der Waals surface area contributed by atoms with Crippen LogP contribution in [0.4, 0.5) is 10.5 Å². The van der Waals surface area contributed by atoms with E-state index in [0.29, 0.717) is 19.7 Å². The van der Waals surface area contributed by atoms with Crippen molar-refractivity contribution in [1.29, 1.82) is 0 Å². The molecular formula is C17H23N5O2. The molecule has 1 N–H and O–H groups in total. The van der Waals surface area contributed by atoms with Crippen molar-refractivity contribution in [2.75, 3.05) is 18.5 Å². The third kappa shape index (κ3) is 3.06. The predicted molar refractivity (Wildman–Crippen MR) is 91.2 cm³/mol. The molecule has 24 heavy (non-hydrogen) atoms. The Morgan fingerprint density at radius 3 is 2.88 bits per heavy atom. The molecule has 3 rings (SSSR count). The molecule has 7 nitrogen and oxygen atoms in total. The minimum atomic E-state index is -0.161. The second-order valence-corrected chi connectivity index (χ2v) is 6.23. The third-order valence-electron chi connectivity index (χ3n) is 4.14. The first kappa shape index (κ1) is 16.3. The van der Waals surface area contributed by atoms with Gasteiger partial charge in [0.1, 0.15) is 18.1 Å². The van der Waals surface area contributed by atoms with Gasteiger partial charge >= 0.3 is 6.03 Å². The molecule has 2 aromatic rings. The van der Waals surface area contributed by atoms with Gasteiger partial charge in [0.05, 0.1) is 30.2 Å². The molecule has 0 fully saturated rings. The van der Waals surface area contributed by atoms with Crippen LogP contribution in [-0.4, -0.2) is 38.8 Å². The van der Waals surface area contributed by atoms with Gasteiger partial charge in [-0.2, -0.15) is 5.10 Å². The molecule has 1 aliphatic heterocycles. The smallest absolute Gasteiger partial charge is 0.322 e. The van der Waals surface area contributed by atoms with Crippen LogP contribution in [0.2, 0.25) is 0 Å². The number of carbonyl (C=O) groups is 1. The Balaban J connectivity index is 1.78. The lowest BCUT2D eigenvalue weighted by Gasteiger charge is -2.20. The molecule has 0 saturated heterocycles. The summed E-state index contributed by atoms with van der Waals surface area (Å²) in [6, 6.07) is 3.80. The van der Waals surface area contributed by atoms with Crippen LogP contribution < -0.4 is 10.1 Å². The fourth-order valence-electron chi connectivity index (χ4n) is 2.91. The molecule has 0 aliphatic carbocycles. The van der Waals surface area contributed by atoms with Crippen molar-refractivity contribution < 1.29 is 9.53 Å². The first-order chi connectivity index (χ1) is 11.5. The van der Waals surface area contributed by atoms with Crippen LogP contribution in [0.25, 0.3) is 0 Å². The van der Waals surface area contributed by atoms with Crippen LogP contribution in [0.3, 0.4) is 0 Å². The maximum absolute atomic E-state index is 12.7. The van der Waals surface area contributed by atoms with Gasteiger partial charge in [-0.15, -0.1) is 0 Å². The number of nitrogens with zero attached hydrogens (tertiary/aromatic N) is 4. The first-order valence-electron chi connectivity index (χ1n) is 8.15. The molecule has 0 unspecified atom stereocenters. The summed E-state index contributed by atoms with van der Waals surface area (Å²) in [4.78, 5) is 18.7. The molecule has 2 amide bonds. The molecule has 0 spiro atoms. The van der Waals surface area contributed by atoms with Crippen LogP contribution in [0, 0.1) is 13.8 Å². The summed E-state index contributed by atoms with van der Waals surface area (Å²) < 4.78 is 7.59. The van der Waals surface area contributed by atoms with E-state index in [0.717, 1.165) is 28.5 Å². The van der Waals surface area contributed by atoms with Gasteiger partial charge in [-0.3, -0.25) is 9.67 Å². The van der Waals surface area contributed by atoms with Crippen molar-refractivity contribution in [3.05, 3.63) is 35.4 Å². The Morgan fingerprint density at radius 2 is 2.17 bits per heavy atom. The van der Waals surface area contributed by atoms with Gasteiger partial charge in [-0.1, -0.05) is 0 Å². The number of nitrogens with one attached hydrogen (secondary N) is 1. The lowest BCUT2D eigenvalue weighted by atomic mass is 10.3. The largest absolute Gasteiger partial charge is 0.490 e. The van der Waals surface area contributed by atoms with E-state index in [-0.39, 0.29) is 12.1 Å². The average Bonchev–Trinajstić information content (AvgIpc) is 2.75. The molecule has 0 aromatic carbocycles. The van der Waals surface area contributed by atoms with E-state index in [1.165, 1.54) is 0 Å². The highest BCUT2D eigenvalue weighted by atomic mass is 16.5. The number of ether oxygens (including phenoxy) is 1. The maximum atomic E-state index is 12.7. The van der Waals surface area contributed by atoms with Crippen LogP contribution in [0.5, 0.6) is 5.75 Å². The van der Waals surface area contributed by atoms with Crippen LogP contribution in [-0.2, 0) is 6.54 Å². The summed E-state index contributed by atoms with van der Waals surface area (Å²) in [6.07, 6.45) is 1.71. The average molecular weight is 329 g/mol. The summed E-state index contributed by atoms with van der Waals surface area (Å²) >= 11 is 0. The number of fused-ring (bicyclic) bond motifs is 1. The summed E-state index contributed by atoms with van der Waals surface area (Å²) in [6.45, 7) is 9.41. The lowest BCUT2D eigenvalue weighted by Crippen LogP contribution is -2.36. The van der Waals surface area contributed by atoms with Gasteiger partial charge in [0, 0.05) is 12.2 Å². The number of urea groups is 1. The predicted octanol–water partition coefficient (Wildman–Crippen LogP) is 2.90. The number of aryl methyl sites for hydroxylation is 1. The number of hydrogen-bond donors (Lipinski definition) is 1. The first-order valence-corrected chi connectivity index (χ1v) is 8.15. The van der Waals surface area contributed by atoms with Crippen molar-refractivity contribution in [2.45, 2.75) is 40.3 Å². The monoisotopic (exact) mass is 329 g/mol. The van der Waals surface area contributed by atoms with E-state index in [1.54, 1.807) is 11.1 Å². The van der Waals surface area contributed by atoms with Crippen molar-refractivity contribution in [3.8, 4) is 5.75 Å². The van der Waals surface area contributed by atoms with E-state index >= 15 is 0 Å². The number of anilines is 1. The molecule has 128 valence electrons. The zero-order valence-electron chi connectivity index (χ0n) is 14.5. The maximum Gasteiger partial charge on any atom is 0.322 e. The molecular weight excluding hydrogens is 306 g/mol. The normalized spacial score (nSPS) is 14.1. The highest BCUT2D eigenvalue weighted by Gasteiger charge is 2.23. The van der Waals surface area contributed by atoms with Crippen molar-refractivity contribution in [3.63, 3.8) is 0 Å². The van der Waals surface area contributed by atoms with E-state index in [1.807, 2.05) is 30.7 Å². The van der Waals surface area contributed by atoms with Crippen molar-refractivity contribution >= 4 is 11.7 Å². The van der Waals surface area contributed by atoms with E-state index in [4.69, 9.17) is 4.74 Å². The minimum absolute atomic E-state index is 0.161. The highest BCUT2D eigenvalue weighted by molar-refractivity contribution is 5.90. The molecule has 1 aliphatic rings. The topological polar surface area (TPSA) is 72.3 Å². The highest BCUT2D eigenvalue weighted by Crippen LogP contribution is 2.24. The number of rotatable bonds is 2. The molecule has 0 atom stereocenters. The number of aromatic nitrogens is 3. The fraction of sp³-hybridized carbons (Fsp3) is 0.471. The zero-order valence-corrected chi connectivity index (χ0v) is 14.5.